The Balaban J connectivity index is 1.74. The molecular formula is C18H15F3N4O2. The van der Waals surface area contributed by atoms with Crippen LogP contribution in [0.15, 0.2) is 67.0 Å². The lowest BCUT2D eigenvalue weighted by molar-refractivity contribution is -0.274. The van der Waals surface area contributed by atoms with E-state index in [1.54, 1.807) is 0 Å². The first-order valence-corrected chi connectivity index (χ1v) is 7.96. The van der Waals surface area contributed by atoms with Gasteiger partial charge < -0.3 is 10.1 Å². The molecule has 6 nitrogen and oxygen atoms in total. The minimum atomic E-state index is -4.78. The fourth-order valence-electron chi connectivity index (χ4n) is 2.47. The van der Waals surface area contributed by atoms with Crippen molar-refractivity contribution in [2.24, 2.45) is 0 Å². The van der Waals surface area contributed by atoms with Gasteiger partial charge in [-0.15, -0.1) is 13.2 Å². The summed E-state index contributed by atoms with van der Waals surface area (Å²) >= 11 is 0. The van der Waals surface area contributed by atoms with Crippen LogP contribution in [0.4, 0.5) is 13.2 Å². The van der Waals surface area contributed by atoms with Crippen LogP contribution in [0.1, 0.15) is 22.0 Å². The molecule has 1 aromatic heterocycles. The summed E-state index contributed by atoms with van der Waals surface area (Å²) in [6, 6.07) is 13.6. The third-order valence-electron chi connectivity index (χ3n) is 3.67. The summed E-state index contributed by atoms with van der Waals surface area (Å²) in [5.74, 6) is -0.825. The van der Waals surface area contributed by atoms with Gasteiger partial charge in [-0.25, -0.2) is 0 Å². The fraction of sp³-hybridized carbons (Fsp3) is 0.167. The molecule has 0 aliphatic carbocycles. The van der Waals surface area contributed by atoms with Crippen molar-refractivity contribution < 1.29 is 22.7 Å². The first-order valence-electron chi connectivity index (χ1n) is 7.96. The van der Waals surface area contributed by atoms with Crippen LogP contribution >= 0.6 is 0 Å². The van der Waals surface area contributed by atoms with Gasteiger partial charge in [0.25, 0.3) is 5.91 Å². The number of hydrogen-bond donors (Lipinski definition) is 1. The van der Waals surface area contributed by atoms with Gasteiger partial charge in [-0.1, -0.05) is 30.3 Å². The number of halogens is 3. The topological polar surface area (TPSA) is 69.0 Å². The van der Waals surface area contributed by atoms with Crippen molar-refractivity contribution in [3.63, 3.8) is 0 Å². The Kier molecular flexibility index (Phi) is 5.39. The van der Waals surface area contributed by atoms with Crippen LogP contribution in [-0.2, 0) is 6.54 Å². The average Bonchev–Trinajstić information content (AvgIpc) is 3.14. The normalized spacial score (nSPS) is 12.4. The maximum atomic E-state index is 12.5. The lowest BCUT2D eigenvalue weighted by Gasteiger charge is -2.19. The molecule has 0 radical (unpaired) electrons. The molecule has 1 unspecified atom stereocenters. The van der Waals surface area contributed by atoms with Crippen LogP contribution in [-0.4, -0.2) is 27.3 Å². The van der Waals surface area contributed by atoms with E-state index in [4.69, 9.17) is 0 Å². The Morgan fingerprint density at radius 2 is 1.67 bits per heavy atom. The minimum Gasteiger partial charge on any atom is -0.406 e. The summed E-state index contributed by atoms with van der Waals surface area (Å²) in [6.07, 6.45) is -1.72. The zero-order valence-electron chi connectivity index (χ0n) is 13.9. The van der Waals surface area contributed by atoms with Crippen LogP contribution < -0.4 is 10.1 Å². The molecule has 3 aromatic rings. The summed E-state index contributed by atoms with van der Waals surface area (Å²) in [5, 5.41) is 10.9. The second-order valence-electron chi connectivity index (χ2n) is 5.59. The van der Waals surface area contributed by atoms with Gasteiger partial charge in [0.2, 0.25) is 0 Å². The zero-order chi connectivity index (χ0) is 19.3. The zero-order valence-corrected chi connectivity index (χ0v) is 13.9. The molecule has 0 aliphatic heterocycles. The molecule has 1 heterocycles. The van der Waals surface area contributed by atoms with Crippen LogP contribution in [0.25, 0.3) is 0 Å². The van der Waals surface area contributed by atoms with Crippen LogP contribution in [0.3, 0.4) is 0 Å². The number of carbonyl (C=O) groups is 1. The molecule has 0 saturated heterocycles. The van der Waals surface area contributed by atoms with Crippen molar-refractivity contribution in [1.29, 1.82) is 0 Å². The Morgan fingerprint density at radius 1 is 1.04 bits per heavy atom. The number of rotatable bonds is 6. The molecule has 27 heavy (non-hydrogen) atoms. The maximum Gasteiger partial charge on any atom is 0.573 e. The first kappa shape index (κ1) is 18.4. The highest BCUT2D eigenvalue weighted by molar-refractivity contribution is 5.94. The largest absolute Gasteiger partial charge is 0.573 e. The Labute approximate surface area is 152 Å². The van der Waals surface area contributed by atoms with E-state index in [0.717, 1.165) is 17.7 Å². The molecule has 0 fully saturated rings. The predicted octanol–water partition coefficient (Wildman–Crippen LogP) is 3.35. The smallest absolute Gasteiger partial charge is 0.406 e. The predicted molar refractivity (Wildman–Crippen MR) is 89.8 cm³/mol. The number of nitrogens with zero attached hydrogens (tertiary/aromatic N) is 3. The van der Waals surface area contributed by atoms with E-state index in [1.807, 2.05) is 30.3 Å². The standard InChI is InChI=1S/C18H15F3N4O2/c19-18(20,21)27-15-8-6-14(7-9-15)17(26)24-16(12-25-22-10-11-23-25)13-4-2-1-3-5-13/h1-11,16H,12H2,(H,24,26). The molecular weight excluding hydrogens is 361 g/mol. The van der Waals surface area contributed by atoms with E-state index in [1.165, 1.54) is 29.3 Å². The molecule has 0 bridgehead atoms. The van der Waals surface area contributed by atoms with Gasteiger partial charge in [-0.05, 0) is 29.8 Å². The third kappa shape index (κ3) is 5.30. The minimum absolute atomic E-state index is 0.207. The number of aromatic nitrogens is 3. The lowest BCUT2D eigenvalue weighted by Crippen LogP contribution is -2.32. The van der Waals surface area contributed by atoms with E-state index < -0.39 is 18.3 Å². The van der Waals surface area contributed by atoms with E-state index in [9.17, 15) is 18.0 Å². The molecule has 2 aromatic carbocycles. The SMILES string of the molecule is O=C(NC(Cn1nccn1)c1ccccc1)c1ccc(OC(F)(F)F)cc1. The van der Waals surface area contributed by atoms with Crippen molar-refractivity contribution in [2.45, 2.75) is 18.9 Å². The van der Waals surface area contributed by atoms with Gasteiger partial charge >= 0.3 is 6.36 Å². The van der Waals surface area contributed by atoms with Crippen molar-refractivity contribution >= 4 is 5.91 Å². The van der Waals surface area contributed by atoms with E-state index in [2.05, 4.69) is 20.3 Å². The van der Waals surface area contributed by atoms with Crippen LogP contribution in [0.2, 0.25) is 0 Å². The second-order valence-corrected chi connectivity index (χ2v) is 5.59. The van der Waals surface area contributed by atoms with Crippen molar-refractivity contribution in [3.8, 4) is 5.75 Å². The molecule has 140 valence electrons. The van der Waals surface area contributed by atoms with Crippen molar-refractivity contribution in [1.82, 2.24) is 20.3 Å². The van der Waals surface area contributed by atoms with Gasteiger partial charge in [0.1, 0.15) is 5.75 Å². The number of alkyl halides is 3. The summed E-state index contributed by atoms with van der Waals surface area (Å²) in [6.45, 7) is 0.304. The molecule has 1 N–H and O–H groups in total. The van der Waals surface area contributed by atoms with E-state index in [0.29, 0.717) is 6.54 Å². The summed E-state index contributed by atoms with van der Waals surface area (Å²) in [4.78, 5) is 14.0. The second kappa shape index (κ2) is 7.90. The molecule has 1 amide bonds. The molecule has 0 aliphatic rings. The Morgan fingerprint density at radius 3 is 2.26 bits per heavy atom. The fourth-order valence-corrected chi connectivity index (χ4v) is 2.47. The van der Waals surface area contributed by atoms with Crippen LogP contribution in [0.5, 0.6) is 5.75 Å². The molecule has 3 rings (SSSR count). The van der Waals surface area contributed by atoms with Gasteiger partial charge in [-0.2, -0.15) is 15.0 Å². The lowest BCUT2D eigenvalue weighted by atomic mass is 10.1. The van der Waals surface area contributed by atoms with E-state index in [-0.39, 0.29) is 11.3 Å². The number of benzene rings is 2. The van der Waals surface area contributed by atoms with Crippen LogP contribution in [0, 0.1) is 0 Å². The molecule has 0 spiro atoms. The summed E-state index contributed by atoms with van der Waals surface area (Å²) in [7, 11) is 0. The van der Waals surface area contributed by atoms with E-state index >= 15 is 0 Å². The van der Waals surface area contributed by atoms with Gasteiger partial charge in [0.05, 0.1) is 25.0 Å². The number of ether oxygens (including phenoxy) is 1. The highest BCUT2D eigenvalue weighted by Crippen LogP contribution is 2.23. The number of hydrogen-bond acceptors (Lipinski definition) is 4. The highest BCUT2D eigenvalue weighted by atomic mass is 19.4. The summed E-state index contributed by atoms with van der Waals surface area (Å²) < 4.78 is 40.5. The summed E-state index contributed by atoms with van der Waals surface area (Å²) in [5.41, 5.74) is 1.05. The maximum absolute atomic E-state index is 12.5. The van der Waals surface area contributed by atoms with Gasteiger partial charge in [-0.3, -0.25) is 4.79 Å². The Hall–Kier alpha value is -3.36. The quantitative estimate of drug-likeness (QED) is 0.716. The highest BCUT2D eigenvalue weighted by Gasteiger charge is 2.31. The molecule has 1 atom stereocenters. The van der Waals surface area contributed by atoms with Crippen molar-refractivity contribution in [3.05, 3.63) is 78.1 Å². The third-order valence-corrected chi connectivity index (χ3v) is 3.67. The molecule has 9 heteroatoms. The average molecular weight is 376 g/mol. The van der Waals surface area contributed by atoms with Gasteiger partial charge in [0, 0.05) is 5.56 Å². The number of nitrogens with one attached hydrogen (secondary N) is 1. The number of carbonyl (C=O) groups excluding carboxylic acids is 1. The van der Waals surface area contributed by atoms with Gasteiger partial charge in [0.15, 0.2) is 0 Å². The first-order chi connectivity index (χ1) is 12.9. The Bertz CT molecular complexity index is 866. The van der Waals surface area contributed by atoms with Crippen molar-refractivity contribution in [2.75, 3.05) is 0 Å². The monoisotopic (exact) mass is 376 g/mol. The molecule has 0 saturated carbocycles. The number of amides is 1.